The fraction of sp³-hybridized carbons (Fsp3) is 0.468. The van der Waals surface area contributed by atoms with Crippen molar-refractivity contribution < 1.29 is 30.0 Å². The van der Waals surface area contributed by atoms with E-state index in [1.165, 1.54) is 67.9 Å². The average Bonchev–Trinajstić information content (AvgIpc) is 3.51. The molecule has 5 aromatic rings. The maximum atomic E-state index is 11.7. The Bertz CT molecular complexity index is 2180. The predicted molar refractivity (Wildman–Crippen MR) is 221 cm³/mol. The SMILES string of the molecule is CCC(CC)C(=O)/C=C(\O)C(CC)CC.Cc1cc2c(cc1-c1sc3ncnc4c3c1C(C)(C)c1cc3ccccc3[c-]c1-4)C(C)(C)CCC2(C)C.[Ir]. The summed E-state index contributed by atoms with van der Waals surface area (Å²) in [6.07, 6.45) is 9.08. The summed E-state index contributed by atoms with van der Waals surface area (Å²) in [7, 11) is 0. The molecule has 0 bridgehead atoms. The molecule has 2 aromatic heterocycles. The van der Waals surface area contributed by atoms with Crippen LogP contribution in [0.4, 0.5) is 0 Å². The van der Waals surface area contributed by atoms with E-state index >= 15 is 0 Å². The van der Waals surface area contributed by atoms with E-state index in [4.69, 9.17) is 9.97 Å². The number of thiophene rings is 1. The Balaban J connectivity index is 0.000000290. The van der Waals surface area contributed by atoms with Gasteiger partial charge in [0.05, 0.1) is 5.76 Å². The largest absolute Gasteiger partial charge is 0.512 e. The number of aryl methyl sites for hydroxylation is 1. The first-order valence-electron chi connectivity index (χ1n) is 19.4. The summed E-state index contributed by atoms with van der Waals surface area (Å²) in [5, 5.41) is 13.3. The Morgan fingerprint density at radius 2 is 1.47 bits per heavy atom. The van der Waals surface area contributed by atoms with Crippen LogP contribution in [0, 0.1) is 24.8 Å². The van der Waals surface area contributed by atoms with Gasteiger partial charge in [-0.05, 0) is 95.6 Å². The van der Waals surface area contributed by atoms with Crippen molar-refractivity contribution >= 4 is 38.1 Å². The van der Waals surface area contributed by atoms with Crippen molar-refractivity contribution in [2.24, 2.45) is 11.8 Å². The van der Waals surface area contributed by atoms with Crippen molar-refractivity contribution in [2.45, 2.75) is 131 Å². The van der Waals surface area contributed by atoms with Gasteiger partial charge in [-0.15, -0.1) is 34.9 Å². The first-order chi connectivity index (χ1) is 24.6. The van der Waals surface area contributed by atoms with E-state index < -0.39 is 0 Å². The van der Waals surface area contributed by atoms with E-state index in [1.54, 1.807) is 6.33 Å². The van der Waals surface area contributed by atoms with Gasteiger partial charge >= 0.3 is 0 Å². The van der Waals surface area contributed by atoms with Crippen LogP contribution in [0.2, 0.25) is 0 Å². The molecule has 0 aliphatic heterocycles. The molecule has 6 heteroatoms. The van der Waals surface area contributed by atoms with Gasteiger partial charge in [0, 0.05) is 54.0 Å². The number of rotatable bonds is 8. The van der Waals surface area contributed by atoms with Crippen molar-refractivity contribution in [3.63, 3.8) is 0 Å². The number of fused-ring (bicyclic) bond motifs is 4. The van der Waals surface area contributed by atoms with E-state index in [0.29, 0.717) is 0 Å². The summed E-state index contributed by atoms with van der Waals surface area (Å²) in [6.45, 7) is 24.8. The molecule has 2 aliphatic rings. The molecule has 53 heavy (non-hydrogen) atoms. The van der Waals surface area contributed by atoms with Crippen LogP contribution in [-0.4, -0.2) is 20.9 Å². The number of aliphatic hydroxyl groups is 1. The zero-order valence-corrected chi connectivity index (χ0v) is 36.8. The van der Waals surface area contributed by atoms with Crippen LogP contribution in [0.5, 0.6) is 0 Å². The van der Waals surface area contributed by atoms with Crippen molar-refractivity contribution in [3.05, 3.63) is 94.5 Å². The van der Waals surface area contributed by atoms with Gasteiger partial charge < -0.3 is 5.11 Å². The van der Waals surface area contributed by atoms with E-state index in [-0.39, 0.29) is 59.7 Å². The van der Waals surface area contributed by atoms with Crippen LogP contribution in [0.1, 0.15) is 136 Å². The molecule has 2 aliphatic carbocycles. The van der Waals surface area contributed by atoms with E-state index in [1.807, 2.05) is 39.0 Å². The number of hydrogen-bond donors (Lipinski definition) is 1. The Kier molecular flexibility index (Phi) is 12.0. The van der Waals surface area contributed by atoms with Crippen molar-refractivity contribution in [1.82, 2.24) is 9.97 Å². The van der Waals surface area contributed by atoms with E-state index in [9.17, 15) is 9.90 Å². The first-order valence-corrected chi connectivity index (χ1v) is 20.2. The van der Waals surface area contributed by atoms with Crippen LogP contribution in [-0.2, 0) is 41.1 Å². The topological polar surface area (TPSA) is 63.1 Å². The van der Waals surface area contributed by atoms with Gasteiger partial charge in [-0.3, -0.25) is 9.78 Å². The molecule has 0 amide bonds. The number of nitrogens with zero attached hydrogens (tertiary/aromatic N) is 2. The van der Waals surface area contributed by atoms with Gasteiger partial charge in [0.2, 0.25) is 0 Å². The number of benzene rings is 3. The third kappa shape index (κ3) is 7.33. The molecule has 2 heterocycles. The molecular weight excluding hydrogens is 849 g/mol. The summed E-state index contributed by atoms with van der Waals surface area (Å²) in [5.41, 5.74) is 10.7. The number of carbonyl (C=O) groups excluding carboxylic acids is 1. The second kappa shape index (κ2) is 15.5. The fourth-order valence-corrected chi connectivity index (χ4v) is 10.0. The molecule has 0 unspecified atom stereocenters. The van der Waals surface area contributed by atoms with Crippen LogP contribution in [0.25, 0.3) is 42.7 Å². The monoisotopic (exact) mass is 906 g/mol. The number of carbonyl (C=O) groups is 1. The van der Waals surface area contributed by atoms with Crippen LogP contribution < -0.4 is 0 Å². The first kappa shape index (κ1) is 41.0. The van der Waals surface area contributed by atoms with Gasteiger partial charge in [0.1, 0.15) is 11.2 Å². The van der Waals surface area contributed by atoms with Gasteiger partial charge in [-0.1, -0.05) is 110 Å². The predicted octanol–water partition coefficient (Wildman–Crippen LogP) is 13.1. The zero-order chi connectivity index (χ0) is 37.7. The van der Waals surface area contributed by atoms with Gasteiger partial charge in [0.15, 0.2) is 5.78 Å². The Morgan fingerprint density at radius 1 is 0.868 bits per heavy atom. The normalized spacial score (nSPS) is 16.5. The summed E-state index contributed by atoms with van der Waals surface area (Å²) in [6, 6.07) is 19.7. The Hall–Kier alpha value is -3.18. The second-order valence-electron chi connectivity index (χ2n) is 17.0. The Morgan fingerprint density at radius 3 is 2.09 bits per heavy atom. The summed E-state index contributed by atoms with van der Waals surface area (Å²) in [4.78, 5) is 23.8. The molecule has 0 atom stereocenters. The third-order valence-electron chi connectivity index (χ3n) is 12.3. The van der Waals surface area contributed by atoms with Crippen LogP contribution in [0.3, 0.4) is 0 Å². The van der Waals surface area contributed by atoms with Crippen LogP contribution in [0.15, 0.2) is 60.6 Å². The number of aromatic nitrogens is 2. The molecule has 0 spiro atoms. The molecule has 0 saturated heterocycles. The van der Waals surface area contributed by atoms with E-state index in [2.05, 4.69) is 97.0 Å². The standard InChI is InChI=1S/C34H33N2S.C13H24O2.Ir/c1-19-14-25-26(33(4,5)13-12-32(25,2)3)17-22(19)30-28-27-29(35-18-36-31(27)37-30)23-15-20-10-8-9-11-21(20)16-24(23)34(28,6)7;1-5-10(6-2)12(14)9-13(15)11(7-3)8-4;/h8-11,14,16-18H,12-13H2,1-7H3;9-11,14H,5-8H2,1-4H3;/q-1;;/b;12-9-;. The maximum absolute atomic E-state index is 11.7. The minimum Gasteiger partial charge on any atom is -0.512 e. The molecule has 7 rings (SSSR count). The average molecular weight is 906 g/mol. The molecule has 4 nitrogen and oxygen atoms in total. The second-order valence-corrected chi connectivity index (χ2v) is 18.0. The molecular formula is C47H57IrN2O2S-. The quantitative estimate of drug-likeness (QED) is 0.0957. The zero-order valence-electron chi connectivity index (χ0n) is 33.6. The number of aliphatic hydroxyl groups excluding tert-OH is 1. The third-order valence-corrected chi connectivity index (χ3v) is 13.5. The van der Waals surface area contributed by atoms with Crippen molar-refractivity contribution in [3.8, 4) is 21.7 Å². The molecule has 0 saturated carbocycles. The Labute approximate surface area is 335 Å². The number of hydrogen-bond acceptors (Lipinski definition) is 5. The van der Waals surface area contributed by atoms with Gasteiger partial charge in [0.25, 0.3) is 0 Å². The maximum Gasteiger partial charge on any atom is 0.162 e. The summed E-state index contributed by atoms with van der Waals surface area (Å²) >= 11 is 1.83. The summed E-state index contributed by atoms with van der Waals surface area (Å²) in [5.74, 6) is 0.547. The smallest absolute Gasteiger partial charge is 0.162 e. The molecule has 1 radical (unpaired) electrons. The molecule has 1 N–H and O–H groups in total. The minimum atomic E-state index is -0.196. The molecule has 283 valence electrons. The van der Waals surface area contributed by atoms with Crippen molar-refractivity contribution in [1.29, 1.82) is 0 Å². The van der Waals surface area contributed by atoms with Crippen molar-refractivity contribution in [2.75, 3.05) is 0 Å². The molecule has 0 fully saturated rings. The summed E-state index contributed by atoms with van der Waals surface area (Å²) < 4.78 is 0. The molecule has 3 aromatic carbocycles. The minimum absolute atomic E-state index is 0. The van der Waals surface area contributed by atoms with Crippen LogP contribution >= 0.6 is 11.3 Å². The number of ketones is 1. The fourth-order valence-electron chi connectivity index (χ4n) is 8.64. The van der Waals surface area contributed by atoms with Gasteiger partial charge in [-0.2, -0.15) is 0 Å². The number of allylic oxidation sites excluding steroid dienone is 2. The van der Waals surface area contributed by atoms with Gasteiger partial charge in [-0.25, -0.2) is 4.98 Å². The van der Waals surface area contributed by atoms with E-state index in [0.717, 1.165) is 47.2 Å².